The highest BCUT2D eigenvalue weighted by Gasteiger charge is 2.53. The molecule has 4 fully saturated rings. The molecule has 9 nitrogen and oxygen atoms in total. The van der Waals surface area contributed by atoms with Gasteiger partial charge in [0.1, 0.15) is 0 Å². The Balaban J connectivity index is 1.54. The second-order valence-corrected chi connectivity index (χ2v) is 7.71. The molecule has 4 rings (SSSR count). The monoisotopic (exact) mass is 390 g/mol. The molecule has 0 bridgehead atoms. The van der Waals surface area contributed by atoms with Crippen LogP contribution in [-0.2, 0) is 33.2 Å². The van der Waals surface area contributed by atoms with Crippen molar-refractivity contribution in [2.45, 2.75) is 61.7 Å². The molecule has 2 N–H and O–H groups in total. The first-order chi connectivity index (χ1) is 13.1. The number of aliphatic hydroxyl groups excluding tert-OH is 2. The molecular weight excluding hydrogens is 360 g/mol. The van der Waals surface area contributed by atoms with Crippen LogP contribution in [-0.4, -0.2) is 99.1 Å². The Morgan fingerprint density at radius 1 is 0.630 bits per heavy atom. The van der Waals surface area contributed by atoms with Gasteiger partial charge in [0.05, 0.1) is 77.3 Å². The first-order valence-corrected chi connectivity index (χ1v) is 9.80. The van der Waals surface area contributed by atoms with E-state index in [1.807, 2.05) is 0 Å². The normalized spacial score (nSPS) is 35.3. The lowest BCUT2D eigenvalue weighted by Crippen LogP contribution is -2.51. The molecule has 0 aromatic heterocycles. The molecule has 27 heavy (non-hydrogen) atoms. The predicted octanol–water partition coefficient (Wildman–Crippen LogP) is -0.431. The quantitative estimate of drug-likeness (QED) is 0.267. The van der Waals surface area contributed by atoms with E-state index in [4.69, 9.17) is 33.2 Å². The van der Waals surface area contributed by atoms with Gasteiger partial charge in [0.2, 0.25) is 0 Å². The minimum Gasteiger partial charge on any atom is -0.394 e. The first kappa shape index (κ1) is 19.9. The molecule has 156 valence electrons. The summed E-state index contributed by atoms with van der Waals surface area (Å²) in [5, 5.41) is 18.7. The van der Waals surface area contributed by atoms with E-state index in [1.165, 1.54) is 0 Å². The van der Waals surface area contributed by atoms with Crippen molar-refractivity contribution in [1.82, 2.24) is 0 Å². The molecule has 9 heteroatoms. The SMILES string of the molecule is OCCOC(CC1CO1)(CC1CO1)OC(CC1CO1)(CC1CO1)OCCO. The zero-order valence-electron chi connectivity index (χ0n) is 15.5. The maximum absolute atomic E-state index is 9.33. The summed E-state index contributed by atoms with van der Waals surface area (Å²) in [6.07, 6.45) is 2.39. The minimum absolute atomic E-state index is 0.0623. The Bertz CT molecular complexity index is 401. The van der Waals surface area contributed by atoms with Gasteiger partial charge in [-0.15, -0.1) is 0 Å². The van der Waals surface area contributed by atoms with Gasteiger partial charge in [-0.25, -0.2) is 0 Å². The van der Waals surface area contributed by atoms with Crippen molar-refractivity contribution >= 4 is 0 Å². The van der Waals surface area contributed by atoms with Gasteiger partial charge in [-0.05, 0) is 0 Å². The Kier molecular flexibility index (Phi) is 6.32. The van der Waals surface area contributed by atoms with Crippen LogP contribution in [0.25, 0.3) is 0 Å². The van der Waals surface area contributed by atoms with E-state index in [1.54, 1.807) is 0 Å². The van der Waals surface area contributed by atoms with Gasteiger partial charge in [0.25, 0.3) is 0 Å². The van der Waals surface area contributed by atoms with Crippen LogP contribution in [0, 0.1) is 0 Å². The van der Waals surface area contributed by atoms with Crippen LogP contribution in [0.4, 0.5) is 0 Å². The third kappa shape index (κ3) is 6.31. The topological polar surface area (TPSA) is 118 Å². The molecule has 0 saturated carbocycles. The molecular formula is C18H30O9. The van der Waals surface area contributed by atoms with Gasteiger partial charge in [-0.3, -0.25) is 0 Å². The molecule has 0 amide bonds. The number of ether oxygens (including phenoxy) is 7. The van der Waals surface area contributed by atoms with Crippen molar-refractivity contribution in [3.8, 4) is 0 Å². The van der Waals surface area contributed by atoms with Gasteiger partial charge < -0.3 is 43.4 Å². The summed E-state index contributed by atoms with van der Waals surface area (Å²) in [6, 6.07) is 0. The fraction of sp³-hybridized carbons (Fsp3) is 1.00. The van der Waals surface area contributed by atoms with E-state index in [2.05, 4.69) is 0 Å². The minimum atomic E-state index is -0.996. The molecule has 4 unspecified atom stereocenters. The zero-order valence-corrected chi connectivity index (χ0v) is 15.5. The lowest BCUT2D eigenvalue weighted by molar-refractivity contribution is -0.372. The van der Waals surface area contributed by atoms with Crippen LogP contribution >= 0.6 is 0 Å². The second-order valence-electron chi connectivity index (χ2n) is 7.71. The van der Waals surface area contributed by atoms with Crippen LogP contribution < -0.4 is 0 Å². The molecule has 4 heterocycles. The molecule has 0 aromatic carbocycles. The van der Waals surface area contributed by atoms with Crippen LogP contribution in [0.15, 0.2) is 0 Å². The Morgan fingerprint density at radius 3 is 1.15 bits per heavy atom. The molecule has 4 aliphatic rings. The summed E-state index contributed by atoms with van der Waals surface area (Å²) in [7, 11) is 0. The summed E-state index contributed by atoms with van der Waals surface area (Å²) in [5.41, 5.74) is 0. The summed E-state index contributed by atoms with van der Waals surface area (Å²) in [6.45, 7) is 2.75. The van der Waals surface area contributed by atoms with Crippen molar-refractivity contribution in [2.24, 2.45) is 0 Å². The van der Waals surface area contributed by atoms with Crippen LogP contribution in [0.2, 0.25) is 0 Å². The van der Waals surface area contributed by atoms with Gasteiger partial charge >= 0.3 is 0 Å². The number of aliphatic hydroxyl groups is 2. The van der Waals surface area contributed by atoms with E-state index < -0.39 is 11.6 Å². The number of hydrogen-bond acceptors (Lipinski definition) is 9. The van der Waals surface area contributed by atoms with E-state index in [0.29, 0.717) is 52.1 Å². The third-order valence-corrected chi connectivity index (χ3v) is 5.05. The average molecular weight is 390 g/mol. The lowest BCUT2D eigenvalue weighted by atomic mass is 10.00. The number of epoxide rings is 4. The largest absolute Gasteiger partial charge is 0.394 e. The van der Waals surface area contributed by atoms with Gasteiger partial charge in [0.15, 0.2) is 11.6 Å². The Morgan fingerprint density at radius 2 is 0.926 bits per heavy atom. The molecule has 0 spiro atoms. The molecule has 4 atom stereocenters. The molecule has 4 aliphatic heterocycles. The fourth-order valence-corrected chi connectivity index (χ4v) is 3.56. The highest BCUT2D eigenvalue weighted by atomic mass is 16.8. The van der Waals surface area contributed by atoms with Crippen LogP contribution in [0.1, 0.15) is 25.7 Å². The first-order valence-electron chi connectivity index (χ1n) is 9.80. The number of rotatable bonds is 16. The lowest BCUT2D eigenvalue weighted by Gasteiger charge is -2.43. The van der Waals surface area contributed by atoms with E-state index in [-0.39, 0.29) is 50.8 Å². The van der Waals surface area contributed by atoms with E-state index in [9.17, 15) is 10.2 Å². The maximum Gasteiger partial charge on any atom is 0.176 e. The molecule has 0 aromatic rings. The smallest absolute Gasteiger partial charge is 0.176 e. The maximum atomic E-state index is 9.33. The summed E-state index contributed by atoms with van der Waals surface area (Å²) in [4.78, 5) is 0. The third-order valence-electron chi connectivity index (χ3n) is 5.05. The zero-order chi connectivity index (χ0) is 18.7. The Labute approximate surface area is 158 Å². The fourth-order valence-electron chi connectivity index (χ4n) is 3.56. The standard InChI is InChI=1S/C18H30O9/c19-1-3-25-17(5-13-9-21-13,6-14-10-22-14)27-18(26-4-2-20,7-15-11-23-15)8-16-12-24-16/h13-16,19-20H,1-12H2. The van der Waals surface area contributed by atoms with Crippen molar-refractivity contribution in [3.63, 3.8) is 0 Å². The summed E-state index contributed by atoms with van der Waals surface area (Å²) < 4.78 is 40.5. The average Bonchev–Trinajstić information content (AvgIpc) is 3.42. The molecule has 4 saturated heterocycles. The molecule has 0 radical (unpaired) electrons. The van der Waals surface area contributed by atoms with Crippen LogP contribution in [0.5, 0.6) is 0 Å². The van der Waals surface area contributed by atoms with Crippen molar-refractivity contribution in [2.75, 3.05) is 52.9 Å². The highest BCUT2D eigenvalue weighted by molar-refractivity contribution is 4.93. The van der Waals surface area contributed by atoms with Gasteiger partial charge in [-0.1, -0.05) is 0 Å². The number of hydrogen-bond donors (Lipinski definition) is 2. The van der Waals surface area contributed by atoms with E-state index >= 15 is 0 Å². The van der Waals surface area contributed by atoms with E-state index in [0.717, 1.165) is 0 Å². The van der Waals surface area contributed by atoms with Crippen molar-refractivity contribution in [3.05, 3.63) is 0 Å². The van der Waals surface area contributed by atoms with Gasteiger partial charge in [0, 0.05) is 25.7 Å². The van der Waals surface area contributed by atoms with Gasteiger partial charge in [-0.2, -0.15) is 0 Å². The van der Waals surface area contributed by atoms with Crippen molar-refractivity contribution in [1.29, 1.82) is 0 Å². The summed E-state index contributed by atoms with van der Waals surface area (Å²) >= 11 is 0. The Hall–Kier alpha value is -0.360. The predicted molar refractivity (Wildman–Crippen MR) is 90.1 cm³/mol. The molecule has 0 aliphatic carbocycles. The highest BCUT2D eigenvalue weighted by Crippen LogP contribution is 2.43. The second kappa shape index (κ2) is 8.56. The summed E-state index contributed by atoms with van der Waals surface area (Å²) in [5.74, 6) is -1.99. The van der Waals surface area contributed by atoms with Crippen LogP contribution in [0.3, 0.4) is 0 Å². The van der Waals surface area contributed by atoms with Crippen molar-refractivity contribution < 1.29 is 43.4 Å².